The van der Waals surface area contributed by atoms with E-state index in [-0.39, 0.29) is 5.92 Å². The summed E-state index contributed by atoms with van der Waals surface area (Å²) < 4.78 is 0. The van der Waals surface area contributed by atoms with Gasteiger partial charge in [0.15, 0.2) is 0 Å². The average Bonchev–Trinajstić information content (AvgIpc) is 1.87. The molecule has 10 heavy (non-hydrogen) atoms. The van der Waals surface area contributed by atoms with Crippen LogP contribution in [0.5, 0.6) is 0 Å². The Labute approximate surface area is 61.2 Å². The molecule has 0 saturated heterocycles. The summed E-state index contributed by atoms with van der Waals surface area (Å²) in [5.74, 6) is 0.606. The highest BCUT2D eigenvalue weighted by atomic mass is 16.4. The van der Waals surface area contributed by atoms with Crippen LogP contribution in [-0.2, 0) is 4.79 Å². The van der Waals surface area contributed by atoms with Gasteiger partial charge in [-0.2, -0.15) is 0 Å². The zero-order valence-corrected chi connectivity index (χ0v) is 6.66. The Morgan fingerprint density at radius 1 is 1.10 bits per heavy atom. The number of aliphatic carboxylic acids is 1. The third-order valence-corrected chi connectivity index (χ3v) is 3.08. The maximum Gasteiger partial charge on any atom is 0.307 e. The van der Waals surface area contributed by atoms with Crippen LogP contribution in [0, 0.1) is 23.7 Å². The molecule has 2 unspecified atom stereocenters. The van der Waals surface area contributed by atoms with E-state index in [0.29, 0.717) is 17.8 Å². The molecule has 0 amide bonds. The quantitative estimate of drug-likeness (QED) is 0.604. The normalized spacial score (nSPS) is 46.3. The van der Waals surface area contributed by atoms with Crippen LogP contribution < -0.4 is 0 Å². The first-order chi connectivity index (χ1) is 4.55. The van der Waals surface area contributed by atoms with Crippen LogP contribution in [0.3, 0.4) is 0 Å². The highest BCUT2D eigenvalue weighted by Crippen LogP contribution is 2.45. The summed E-state index contributed by atoms with van der Waals surface area (Å²) in [5, 5.41) is 8.69. The van der Waals surface area contributed by atoms with Crippen LogP contribution in [0.4, 0.5) is 0 Å². The van der Waals surface area contributed by atoms with Gasteiger partial charge < -0.3 is 5.11 Å². The van der Waals surface area contributed by atoms with Gasteiger partial charge in [0.2, 0.25) is 0 Å². The number of carboxylic acid groups (broad SMARTS) is 1. The predicted octanol–water partition coefficient (Wildman–Crippen LogP) is 1.61. The first-order valence-corrected chi connectivity index (χ1v) is 3.78. The number of hydrogen-bond donors (Lipinski definition) is 1. The molecule has 2 nitrogen and oxygen atoms in total. The summed E-state index contributed by atoms with van der Waals surface area (Å²) in [5.41, 5.74) is 0. The van der Waals surface area contributed by atoms with E-state index in [9.17, 15) is 4.79 Å². The zero-order valence-electron chi connectivity index (χ0n) is 6.66. The van der Waals surface area contributed by atoms with Gasteiger partial charge in [-0.3, -0.25) is 4.79 Å². The topological polar surface area (TPSA) is 37.3 Å². The van der Waals surface area contributed by atoms with Crippen molar-refractivity contribution in [3.8, 4) is 0 Å². The molecule has 0 aliphatic heterocycles. The van der Waals surface area contributed by atoms with Crippen molar-refractivity contribution in [3.05, 3.63) is 0 Å². The van der Waals surface area contributed by atoms with Gasteiger partial charge in [0.25, 0.3) is 0 Å². The van der Waals surface area contributed by atoms with Crippen molar-refractivity contribution in [1.29, 1.82) is 0 Å². The molecule has 58 valence electrons. The lowest BCUT2D eigenvalue weighted by molar-refractivity contribution is -0.155. The Morgan fingerprint density at radius 2 is 1.50 bits per heavy atom. The first-order valence-electron chi connectivity index (χ1n) is 3.78. The molecule has 1 fully saturated rings. The van der Waals surface area contributed by atoms with E-state index in [2.05, 4.69) is 6.92 Å². The summed E-state index contributed by atoms with van der Waals surface area (Å²) >= 11 is 0. The van der Waals surface area contributed by atoms with Crippen LogP contribution >= 0.6 is 0 Å². The smallest absolute Gasteiger partial charge is 0.307 e. The van der Waals surface area contributed by atoms with Gasteiger partial charge in [-0.05, 0) is 17.8 Å². The second-order valence-corrected chi connectivity index (χ2v) is 3.44. The molecule has 0 aromatic carbocycles. The number of rotatable bonds is 1. The van der Waals surface area contributed by atoms with Gasteiger partial charge in [0.1, 0.15) is 0 Å². The molecule has 0 aromatic rings. The van der Waals surface area contributed by atoms with E-state index in [0.717, 1.165) is 0 Å². The lowest BCUT2D eigenvalue weighted by atomic mass is 9.59. The lowest BCUT2D eigenvalue weighted by Crippen LogP contribution is -2.46. The van der Waals surface area contributed by atoms with Crippen molar-refractivity contribution >= 4 is 5.97 Å². The SMILES string of the molecule is CC1C(C)C(C(=O)O)C1C. The van der Waals surface area contributed by atoms with E-state index < -0.39 is 5.97 Å². The Morgan fingerprint density at radius 3 is 1.70 bits per heavy atom. The molecule has 1 N–H and O–H groups in total. The van der Waals surface area contributed by atoms with Crippen molar-refractivity contribution in [3.63, 3.8) is 0 Å². The van der Waals surface area contributed by atoms with Crippen LogP contribution in [-0.4, -0.2) is 11.1 Å². The van der Waals surface area contributed by atoms with Crippen molar-refractivity contribution in [2.45, 2.75) is 20.8 Å². The number of carbonyl (C=O) groups is 1. The molecule has 1 aliphatic carbocycles. The lowest BCUT2D eigenvalue weighted by Gasteiger charge is -2.44. The Bertz CT molecular complexity index is 143. The Kier molecular flexibility index (Phi) is 1.71. The molecule has 1 saturated carbocycles. The molecule has 1 rings (SSSR count). The minimum atomic E-state index is -0.627. The number of hydrogen-bond acceptors (Lipinski definition) is 1. The molecule has 1 aliphatic rings. The summed E-state index contributed by atoms with van der Waals surface area (Å²) in [4.78, 5) is 10.5. The van der Waals surface area contributed by atoms with E-state index in [1.165, 1.54) is 0 Å². The summed E-state index contributed by atoms with van der Waals surface area (Å²) in [6.07, 6.45) is 0. The maximum absolute atomic E-state index is 10.5. The second kappa shape index (κ2) is 2.26. The van der Waals surface area contributed by atoms with Crippen LogP contribution in [0.25, 0.3) is 0 Å². The minimum absolute atomic E-state index is 0.0880. The standard InChI is InChI=1S/C8H14O2/c1-4-5(2)7(6(4)3)8(9)10/h4-7H,1-3H3,(H,9,10). The maximum atomic E-state index is 10.5. The van der Waals surface area contributed by atoms with E-state index in [1.807, 2.05) is 13.8 Å². The molecule has 2 heteroatoms. The number of carboxylic acids is 1. The van der Waals surface area contributed by atoms with Crippen molar-refractivity contribution in [2.24, 2.45) is 23.7 Å². The van der Waals surface area contributed by atoms with Gasteiger partial charge in [-0.15, -0.1) is 0 Å². The summed E-state index contributed by atoms with van der Waals surface area (Å²) in [7, 11) is 0. The third-order valence-electron chi connectivity index (χ3n) is 3.08. The van der Waals surface area contributed by atoms with Gasteiger partial charge in [-0.1, -0.05) is 20.8 Å². The molecule has 0 spiro atoms. The minimum Gasteiger partial charge on any atom is -0.481 e. The van der Waals surface area contributed by atoms with Crippen molar-refractivity contribution < 1.29 is 9.90 Å². The molecular formula is C8H14O2. The van der Waals surface area contributed by atoms with Gasteiger partial charge in [0.05, 0.1) is 5.92 Å². The highest BCUT2D eigenvalue weighted by Gasteiger charge is 2.46. The molecule has 0 radical (unpaired) electrons. The predicted molar refractivity (Wildman–Crippen MR) is 38.6 cm³/mol. The summed E-state index contributed by atoms with van der Waals surface area (Å²) in [6.45, 7) is 6.15. The second-order valence-electron chi connectivity index (χ2n) is 3.44. The van der Waals surface area contributed by atoms with E-state index >= 15 is 0 Å². The fraction of sp³-hybridized carbons (Fsp3) is 0.875. The van der Waals surface area contributed by atoms with Crippen LogP contribution in [0.1, 0.15) is 20.8 Å². The molecule has 0 heterocycles. The average molecular weight is 142 g/mol. The molecular weight excluding hydrogens is 128 g/mol. The van der Waals surface area contributed by atoms with Crippen LogP contribution in [0.15, 0.2) is 0 Å². The molecule has 2 atom stereocenters. The van der Waals surface area contributed by atoms with Crippen LogP contribution in [0.2, 0.25) is 0 Å². The molecule has 0 bridgehead atoms. The fourth-order valence-electron chi connectivity index (χ4n) is 1.92. The monoisotopic (exact) mass is 142 g/mol. The summed E-state index contributed by atoms with van der Waals surface area (Å²) in [6, 6.07) is 0. The third kappa shape index (κ3) is 0.825. The zero-order chi connectivity index (χ0) is 7.89. The van der Waals surface area contributed by atoms with Crippen molar-refractivity contribution in [1.82, 2.24) is 0 Å². The molecule has 0 aromatic heterocycles. The fourth-order valence-corrected chi connectivity index (χ4v) is 1.92. The highest BCUT2D eigenvalue weighted by molar-refractivity contribution is 5.72. The van der Waals surface area contributed by atoms with E-state index in [4.69, 9.17) is 5.11 Å². The van der Waals surface area contributed by atoms with Crippen molar-refractivity contribution in [2.75, 3.05) is 0 Å². The van der Waals surface area contributed by atoms with Gasteiger partial charge in [-0.25, -0.2) is 0 Å². The largest absolute Gasteiger partial charge is 0.481 e. The van der Waals surface area contributed by atoms with Gasteiger partial charge in [0, 0.05) is 0 Å². The Hall–Kier alpha value is -0.530. The van der Waals surface area contributed by atoms with E-state index in [1.54, 1.807) is 0 Å². The Balaban J connectivity index is 2.57. The first kappa shape index (κ1) is 7.58. The van der Waals surface area contributed by atoms with Gasteiger partial charge >= 0.3 is 5.97 Å².